The largest absolute Gasteiger partial charge is 0.388 e. The van der Waals surface area contributed by atoms with E-state index in [2.05, 4.69) is 21.7 Å². The number of hydrogen-bond donors (Lipinski definition) is 4. The lowest BCUT2D eigenvalue weighted by molar-refractivity contribution is 0.00714. The number of urea groups is 1. The Labute approximate surface area is 136 Å². The first-order chi connectivity index (χ1) is 11.1. The van der Waals surface area contributed by atoms with Gasteiger partial charge >= 0.3 is 6.03 Å². The second-order valence-corrected chi connectivity index (χ2v) is 6.66. The summed E-state index contributed by atoms with van der Waals surface area (Å²) < 4.78 is 0. The number of hydrogen-bond acceptors (Lipinski definition) is 2. The van der Waals surface area contributed by atoms with Crippen LogP contribution in [0, 0.1) is 0 Å². The number of fused-ring (bicyclic) bond motifs is 1. The molecule has 3 rings (SSSR count). The average molecular weight is 315 g/mol. The predicted octanol–water partition coefficient (Wildman–Crippen LogP) is 3.22. The number of aliphatic hydroxyl groups is 1. The number of carbonyl (C=O) groups is 1. The Morgan fingerprint density at radius 2 is 2.09 bits per heavy atom. The first kappa shape index (κ1) is 15.9. The number of aromatic amines is 1. The van der Waals surface area contributed by atoms with Gasteiger partial charge in [0.1, 0.15) is 0 Å². The normalized spacial score (nSPS) is 18.5. The fraction of sp³-hybridized carbons (Fsp3) is 0.500. The summed E-state index contributed by atoms with van der Waals surface area (Å²) in [5.41, 5.74) is 1.41. The first-order valence-corrected chi connectivity index (χ1v) is 8.40. The van der Waals surface area contributed by atoms with Gasteiger partial charge in [-0.15, -0.1) is 0 Å². The van der Waals surface area contributed by atoms with Crippen molar-refractivity contribution in [3.63, 3.8) is 0 Å². The topological polar surface area (TPSA) is 77.2 Å². The van der Waals surface area contributed by atoms with E-state index < -0.39 is 5.60 Å². The molecule has 1 aliphatic carbocycles. The SMILES string of the molecule is C[C@H](NC(=O)NCC1(O)CCCCC1)c1ccc2[nH]ccc2c1. The van der Waals surface area contributed by atoms with Gasteiger partial charge < -0.3 is 20.7 Å². The lowest BCUT2D eigenvalue weighted by Gasteiger charge is -2.32. The summed E-state index contributed by atoms with van der Waals surface area (Å²) in [6.07, 6.45) is 6.69. The Bertz CT molecular complexity index is 674. The number of H-pyrrole nitrogens is 1. The predicted molar refractivity (Wildman–Crippen MR) is 91.3 cm³/mol. The van der Waals surface area contributed by atoms with Gasteiger partial charge in [0.05, 0.1) is 11.6 Å². The standard InChI is InChI=1S/C18H25N3O2/c1-13(14-5-6-16-15(11-14)7-10-19-16)21-17(22)20-12-18(23)8-3-2-4-9-18/h5-7,10-11,13,19,23H,2-4,8-9,12H2,1H3,(H2,20,21,22)/t13-/m0/s1. The molecule has 5 nitrogen and oxygen atoms in total. The fourth-order valence-electron chi connectivity index (χ4n) is 3.30. The molecule has 0 saturated heterocycles. The second kappa shape index (κ2) is 6.62. The van der Waals surface area contributed by atoms with Crippen molar-refractivity contribution in [3.8, 4) is 0 Å². The summed E-state index contributed by atoms with van der Waals surface area (Å²) in [6.45, 7) is 2.28. The van der Waals surface area contributed by atoms with Crippen LogP contribution in [0.1, 0.15) is 50.6 Å². The van der Waals surface area contributed by atoms with Gasteiger partial charge in [0.15, 0.2) is 0 Å². The van der Waals surface area contributed by atoms with E-state index in [-0.39, 0.29) is 12.1 Å². The smallest absolute Gasteiger partial charge is 0.315 e. The molecule has 124 valence electrons. The van der Waals surface area contributed by atoms with E-state index in [9.17, 15) is 9.90 Å². The van der Waals surface area contributed by atoms with Crippen LogP contribution in [-0.2, 0) is 0 Å². The van der Waals surface area contributed by atoms with Crippen LogP contribution < -0.4 is 10.6 Å². The third-order valence-electron chi connectivity index (χ3n) is 4.79. The van der Waals surface area contributed by atoms with Gasteiger partial charge in [-0.2, -0.15) is 0 Å². The first-order valence-electron chi connectivity index (χ1n) is 8.40. The van der Waals surface area contributed by atoms with Gasteiger partial charge in [0, 0.05) is 18.3 Å². The Morgan fingerprint density at radius 3 is 2.87 bits per heavy atom. The zero-order valence-electron chi connectivity index (χ0n) is 13.6. The van der Waals surface area contributed by atoms with Crippen molar-refractivity contribution in [2.24, 2.45) is 0 Å². The quantitative estimate of drug-likeness (QED) is 0.699. The number of rotatable bonds is 4. The maximum absolute atomic E-state index is 12.1. The van der Waals surface area contributed by atoms with Crippen LogP contribution in [0.4, 0.5) is 4.79 Å². The maximum atomic E-state index is 12.1. The molecule has 1 atom stereocenters. The lowest BCUT2D eigenvalue weighted by atomic mass is 9.85. The number of nitrogens with one attached hydrogen (secondary N) is 3. The van der Waals surface area contributed by atoms with E-state index >= 15 is 0 Å². The summed E-state index contributed by atoms with van der Waals surface area (Å²) in [7, 11) is 0. The van der Waals surface area contributed by atoms with E-state index in [1.54, 1.807) is 0 Å². The summed E-state index contributed by atoms with van der Waals surface area (Å²) in [4.78, 5) is 15.2. The molecule has 0 aliphatic heterocycles. The number of amides is 2. The third-order valence-corrected chi connectivity index (χ3v) is 4.79. The molecule has 5 heteroatoms. The van der Waals surface area contributed by atoms with E-state index in [1.807, 2.05) is 31.3 Å². The molecule has 1 aromatic heterocycles. The summed E-state index contributed by atoms with van der Waals surface area (Å²) in [5.74, 6) is 0. The molecule has 1 fully saturated rings. The highest BCUT2D eigenvalue weighted by atomic mass is 16.3. The number of carbonyl (C=O) groups excluding carboxylic acids is 1. The molecular formula is C18H25N3O2. The minimum Gasteiger partial charge on any atom is -0.388 e. The van der Waals surface area contributed by atoms with E-state index in [4.69, 9.17) is 0 Å². The van der Waals surface area contributed by atoms with Crippen molar-refractivity contribution >= 4 is 16.9 Å². The van der Waals surface area contributed by atoms with E-state index in [0.29, 0.717) is 6.54 Å². The van der Waals surface area contributed by atoms with Crippen LogP contribution in [0.25, 0.3) is 10.9 Å². The van der Waals surface area contributed by atoms with Crippen LogP contribution in [0.5, 0.6) is 0 Å². The molecule has 0 unspecified atom stereocenters. The molecule has 4 N–H and O–H groups in total. The van der Waals surface area contributed by atoms with Gasteiger partial charge in [-0.3, -0.25) is 0 Å². The van der Waals surface area contributed by atoms with Gasteiger partial charge in [-0.05, 0) is 48.9 Å². The van der Waals surface area contributed by atoms with Gasteiger partial charge in [0.2, 0.25) is 0 Å². The Hall–Kier alpha value is -2.01. The van der Waals surface area contributed by atoms with Gasteiger partial charge in [-0.25, -0.2) is 4.79 Å². The number of benzene rings is 1. The minimum absolute atomic E-state index is 0.0877. The molecule has 0 bridgehead atoms. The zero-order chi connectivity index (χ0) is 16.3. The van der Waals surface area contributed by atoms with Crippen LogP contribution in [0.15, 0.2) is 30.5 Å². The van der Waals surface area contributed by atoms with Gasteiger partial charge in [0.25, 0.3) is 0 Å². The number of aromatic nitrogens is 1. The van der Waals surface area contributed by atoms with Crippen molar-refractivity contribution in [1.29, 1.82) is 0 Å². The van der Waals surface area contributed by atoms with E-state index in [1.165, 1.54) is 6.42 Å². The molecule has 1 aromatic carbocycles. The summed E-state index contributed by atoms with van der Waals surface area (Å²) in [6, 6.07) is 7.81. The highest BCUT2D eigenvalue weighted by Crippen LogP contribution is 2.27. The van der Waals surface area contributed by atoms with Crippen molar-refractivity contribution in [1.82, 2.24) is 15.6 Å². The molecular weight excluding hydrogens is 290 g/mol. The zero-order valence-corrected chi connectivity index (χ0v) is 13.6. The van der Waals surface area contributed by atoms with Crippen LogP contribution >= 0.6 is 0 Å². The average Bonchev–Trinajstić information content (AvgIpc) is 3.01. The Kier molecular flexibility index (Phi) is 4.57. The highest BCUT2D eigenvalue weighted by molar-refractivity contribution is 5.80. The van der Waals surface area contributed by atoms with E-state index in [0.717, 1.165) is 42.1 Å². The highest BCUT2D eigenvalue weighted by Gasteiger charge is 2.29. The summed E-state index contributed by atoms with van der Waals surface area (Å²) in [5, 5.41) is 17.3. The second-order valence-electron chi connectivity index (χ2n) is 6.66. The molecule has 23 heavy (non-hydrogen) atoms. The third kappa shape index (κ3) is 3.85. The molecule has 1 aliphatic rings. The minimum atomic E-state index is -0.733. The van der Waals surface area contributed by atoms with Crippen molar-refractivity contribution in [3.05, 3.63) is 36.0 Å². The van der Waals surface area contributed by atoms with Crippen LogP contribution in [0.3, 0.4) is 0 Å². The molecule has 1 heterocycles. The maximum Gasteiger partial charge on any atom is 0.315 e. The molecule has 0 radical (unpaired) electrons. The molecule has 2 amide bonds. The van der Waals surface area contributed by atoms with Crippen LogP contribution in [0.2, 0.25) is 0 Å². The molecule has 2 aromatic rings. The van der Waals surface area contributed by atoms with Crippen molar-refractivity contribution in [2.75, 3.05) is 6.54 Å². The monoisotopic (exact) mass is 315 g/mol. The molecule has 0 spiro atoms. The van der Waals surface area contributed by atoms with Crippen LogP contribution in [-0.4, -0.2) is 28.3 Å². The Morgan fingerprint density at radius 1 is 1.30 bits per heavy atom. The van der Waals surface area contributed by atoms with Crippen molar-refractivity contribution < 1.29 is 9.90 Å². The molecule has 1 saturated carbocycles. The summed E-state index contributed by atoms with van der Waals surface area (Å²) >= 11 is 0. The van der Waals surface area contributed by atoms with Crippen molar-refractivity contribution in [2.45, 2.75) is 50.7 Å². The fourth-order valence-corrected chi connectivity index (χ4v) is 3.30. The van der Waals surface area contributed by atoms with Gasteiger partial charge in [-0.1, -0.05) is 25.3 Å². The Balaban J connectivity index is 1.54. The lowest BCUT2D eigenvalue weighted by Crippen LogP contribution is -2.47.